The van der Waals surface area contributed by atoms with E-state index in [9.17, 15) is 15.0 Å². The van der Waals surface area contributed by atoms with Gasteiger partial charge in [0.1, 0.15) is 11.8 Å². The topological polar surface area (TPSA) is 84.0 Å². The van der Waals surface area contributed by atoms with Crippen LogP contribution in [0.3, 0.4) is 0 Å². The van der Waals surface area contributed by atoms with Gasteiger partial charge in [-0.3, -0.25) is 9.56 Å². The van der Waals surface area contributed by atoms with Crippen molar-refractivity contribution >= 4 is 64.8 Å². The van der Waals surface area contributed by atoms with Crippen LogP contribution < -0.4 is 4.74 Å². The maximum atomic E-state index is 11.7. The minimum atomic E-state index is -1.01. The molecule has 142 valence electrons. The predicted octanol–water partition coefficient (Wildman–Crippen LogP) is 4.63. The Bertz CT molecular complexity index is 991. The first-order chi connectivity index (χ1) is 13.0. The van der Waals surface area contributed by atoms with Crippen LogP contribution in [0.1, 0.15) is 22.9 Å². The summed E-state index contributed by atoms with van der Waals surface area (Å²) in [6, 6.07) is 4.68. The highest BCUT2D eigenvalue weighted by atomic mass is 32.2. The van der Waals surface area contributed by atoms with Gasteiger partial charge in [0.2, 0.25) is 5.88 Å². The number of allylic oxidation sites excluding steroid dienone is 1. The first kappa shape index (κ1) is 19.7. The number of thiazole rings is 1. The minimum Gasteiger partial charge on any atom is -0.497 e. The fourth-order valence-corrected chi connectivity index (χ4v) is 4.62. The third kappa shape index (κ3) is 3.95. The van der Waals surface area contributed by atoms with Crippen molar-refractivity contribution in [3.63, 3.8) is 0 Å². The van der Waals surface area contributed by atoms with Crippen LogP contribution in [0.5, 0.6) is 11.6 Å². The Kier molecular flexibility index (Phi) is 6.03. The summed E-state index contributed by atoms with van der Waals surface area (Å²) in [5.41, 5.74) is 2.50. The van der Waals surface area contributed by atoms with Crippen molar-refractivity contribution in [1.82, 2.24) is 4.57 Å². The number of carboxylic acid groups (broad SMARTS) is 1. The predicted molar refractivity (Wildman–Crippen MR) is 113 cm³/mol. The van der Waals surface area contributed by atoms with Crippen molar-refractivity contribution in [2.75, 3.05) is 19.1 Å². The number of methoxy groups -OCH3 is 1. The molecule has 2 aromatic rings. The number of rotatable bonds is 7. The molecule has 2 heterocycles. The maximum Gasteiger partial charge on any atom is 0.326 e. The molecule has 0 bridgehead atoms. The molecular formula is C18H18N2O4S3. The van der Waals surface area contributed by atoms with Crippen molar-refractivity contribution in [3.8, 4) is 11.6 Å². The summed E-state index contributed by atoms with van der Waals surface area (Å²) in [4.78, 5) is 16.5. The molecule has 0 amide bonds. The van der Waals surface area contributed by atoms with E-state index in [1.807, 2.05) is 24.5 Å². The molecule has 1 aromatic heterocycles. The van der Waals surface area contributed by atoms with Crippen LogP contribution in [-0.4, -0.2) is 46.1 Å². The third-order valence-electron chi connectivity index (χ3n) is 4.18. The lowest BCUT2D eigenvalue weighted by Crippen LogP contribution is -2.19. The fourth-order valence-electron chi connectivity index (χ4n) is 2.81. The Balaban J connectivity index is 2.02. The van der Waals surface area contributed by atoms with Gasteiger partial charge < -0.3 is 14.9 Å². The Labute approximate surface area is 169 Å². The van der Waals surface area contributed by atoms with Crippen molar-refractivity contribution in [1.29, 1.82) is 0 Å². The summed E-state index contributed by atoms with van der Waals surface area (Å²) in [6.07, 6.45) is 5.77. The number of aliphatic imine (C=N–C) groups is 1. The number of aliphatic carboxylic acids is 1. The van der Waals surface area contributed by atoms with E-state index in [1.165, 1.54) is 15.9 Å². The van der Waals surface area contributed by atoms with Crippen molar-refractivity contribution in [2.45, 2.75) is 12.5 Å². The zero-order chi connectivity index (χ0) is 19.6. The molecule has 9 heteroatoms. The lowest BCUT2D eigenvalue weighted by molar-refractivity contribution is -0.141. The Hall–Kier alpha value is -2.10. The van der Waals surface area contributed by atoms with Crippen LogP contribution in [0.4, 0.5) is 5.69 Å². The van der Waals surface area contributed by atoms with Gasteiger partial charge in [-0.15, -0.1) is 11.3 Å². The SMILES string of the molecule is COc1ccc2c(c1)C(=Cc1sc(=S)n(C(CCSC)C(=O)O)c1O)C=N2. The highest BCUT2D eigenvalue weighted by Crippen LogP contribution is 2.39. The summed E-state index contributed by atoms with van der Waals surface area (Å²) >= 11 is 8.07. The van der Waals surface area contributed by atoms with Gasteiger partial charge in [0.05, 0.1) is 17.7 Å². The molecule has 0 spiro atoms. The van der Waals surface area contributed by atoms with E-state index in [0.717, 1.165) is 16.8 Å². The number of carbonyl (C=O) groups is 1. The smallest absolute Gasteiger partial charge is 0.326 e. The Morgan fingerprint density at radius 1 is 1.52 bits per heavy atom. The number of hydrogen-bond acceptors (Lipinski definition) is 7. The van der Waals surface area contributed by atoms with Gasteiger partial charge in [-0.25, -0.2) is 4.79 Å². The van der Waals surface area contributed by atoms with Gasteiger partial charge in [-0.2, -0.15) is 11.8 Å². The summed E-state index contributed by atoms with van der Waals surface area (Å²) in [5, 5.41) is 20.2. The van der Waals surface area contributed by atoms with Gasteiger partial charge in [0.15, 0.2) is 3.95 Å². The van der Waals surface area contributed by atoms with Crippen LogP contribution in [-0.2, 0) is 4.79 Å². The molecule has 0 fully saturated rings. The number of thioether (sulfide) groups is 1. The first-order valence-corrected chi connectivity index (χ1v) is 10.7. The van der Waals surface area contributed by atoms with Crippen molar-refractivity contribution in [2.24, 2.45) is 4.99 Å². The van der Waals surface area contributed by atoms with E-state index in [2.05, 4.69) is 4.99 Å². The number of ether oxygens (including phenoxy) is 1. The van der Waals surface area contributed by atoms with Gasteiger partial charge in [-0.05, 0) is 54.9 Å². The number of fused-ring (bicyclic) bond motifs is 1. The lowest BCUT2D eigenvalue weighted by atomic mass is 10.1. The molecule has 27 heavy (non-hydrogen) atoms. The molecule has 0 radical (unpaired) electrons. The van der Waals surface area contributed by atoms with Crippen LogP contribution in [0.2, 0.25) is 0 Å². The van der Waals surface area contributed by atoms with Gasteiger partial charge in [0.25, 0.3) is 0 Å². The van der Waals surface area contributed by atoms with Crippen LogP contribution >= 0.6 is 35.3 Å². The number of benzene rings is 1. The number of carboxylic acids is 1. The second-order valence-electron chi connectivity index (χ2n) is 5.80. The van der Waals surface area contributed by atoms with Crippen molar-refractivity contribution in [3.05, 3.63) is 32.6 Å². The summed E-state index contributed by atoms with van der Waals surface area (Å²) < 4.78 is 6.91. The summed E-state index contributed by atoms with van der Waals surface area (Å²) in [5.74, 6) is 0.230. The van der Waals surface area contributed by atoms with E-state index in [0.29, 0.717) is 26.8 Å². The van der Waals surface area contributed by atoms with E-state index < -0.39 is 12.0 Å². The molecule has 0 saturated carbocycles. The molecular weight excluding hydrogens is 404 g/mol. The maximum absolute atomic E-state index is 11.7. The third-order valence-corrected chi connectivity index (χ3v) is 6.16. The van der Waals surface area contributed by atoms with E-state index in [1.54, 1.807) is 31.2 Å². The fraction of sp³-hybridized carbons (Fsp3) is 0.278. The monoisotopic (exact) mass is 422 g/mol. The Morgan fingerprint density at radius 3 is 2.96 bits per heavy atom. The minimum absolute atomic E-state index is 0.129. The standard InChI is InChI=1S/C18H18N2O4S3/c1-24-11-3-4-13-12(8-11)10(9-19-13)7-15-16(21)20(18(25)27-15)14(17(22)23)5-6-26-2/h3-4,7-9,14,21H,5-6H2,1-2H3,(H,22,23). The first-order valence-electron chi connectivity index (χ1n) is 8.06. The van der Waals surface area contributed by atoms with Gasteiger partial charge >= 0.3 is 5.97 Å². The second kappa shape index (κ2) is 8.28. The quantitative estimate of drug-likeness (QED) is 0.633. The molecule has 0 aliphatic carbocycles. The molecule has 1 aromatic carbocycles. The average Bonchev–Trinajstić information content (AvgIpc) is 3.17. The van der Waals surface area contributed by atoms with Crippen LogP contribution in [0.15, 0.2) is 23.2 Å². The van der Waals surface area contributed by atoms with E-state index in [-0.39, 0.29) is 5.88 Å². The summed E-state index contributed by atoms with van der Waals surface area (Å²) in [7, 11) is 1.60. The number of aromatic nitrogens is 1. The van der Waals surface area contributed by atoms with Gasteiger partial charge in [-0.1, -0.05) is 0 Å². The molecule has 1 aliphatic heterocycles. The van der Waals surface area contributed by atoms with E-state index in [4.69, 9.17) is 17.0 Å². The van der Waals surface area contributed by atoms with Gasteiger partial charge in [0, 0.05) is 17.4 Å². The summed E-state index contributed by atoms with van der Waals surface area (Å²) in [6.45, 7) is 0. The zero-order valence-corrected chi connectivity index (χ0v) is 17.2. The highest BCUT2D eigenvalue weighted by molar-refractivity contribution is 7.98. The second-order valence-corrected chi connectivity index (χ2v) is 8.46. The Morgan fingerprint density at radius 2 is 2.30 bits per heavy atom. The van der Waals surface area contributed by atoms with E-state index >= 15 is 0 Å². The largest absolute Gasteiger partial charge is 0.497 e. The number of nitrogens with zero attached hydrogens (tertiary/aromatic N) is 2. The molecule has 6 nitrogen and oxygen atoms in total. The molecule has 1 unspecified atom stereocenters. The lowest BCUT2D eigenvalue weighted by Gasteiger charge is -2.14. The number of hydrogen-bond donors (Lipinski definition) is 2. The van der Waals surface area contributed by atoms with Crippen LogP contribution in [0.25, 0.3) is 11.6 Å². The molecule has 3 rings (SSSR count). The zero-order valence-electron chi connectivity index (χ0n) is 14.7. The average molecular weight is 423 g/mol. The normalized spacial score (nSPS) is 15.1. The van der Waals surface area contributed by atoms with Crippen molar-refractivity contribution < 1.29 is 19.7 Å². The molecule has 1 aliphatic rings. The number of aromatic hydroxyl groups is 1. The molecule has 2 N–H and O–H groups in total. The molecule has 1 atom stereocenters. The van der Waals surface area contributed by atoms with Crippen LogP contribution in [0, 0.1) is 3.95 Å². The molecule has 0 saturated heterocycles. The highest BCUT2D eigenvalue weighted by Gasteiger charge is 2.25.